The molecule has 3 rings (SSSR count). The van der Waals surface area contributed by atoms with Gasteiger partial charge in [-0.15, -0.1) is 6.58 Å². The van der Waals surface area contributed by atoms with Gasteiger partial charge in [0.05, 0.1) is 11.2 Å². The number of carbonyl (C=O) groups is 1. The van der Waals surface area contributed by atoms with Crippen molar-refractivity contribution in [2.24, 2.45) is 0 Å². The van der Waals surface area contributed by atoms with E-state index in [0.717, 1.165) is 10.9 Å². The number of nitrogens with zero attached hydrogens (tertiary/aromatic N) is 1. The molecule has 3 nitrogen and oxygen atoms in total. The highest BCUT2D eigenvalue weighted by molar-refractivity contribution is 5.95. The third-order valence-corrected chi connectivity index (χ3v) is 3.67. The summed E-state index contributed by atoms with van der Waals surface area (Å²) in [5.74, 6) is 0.0555. The summed E-state index contributed by atoms with van der Waals surface area (Å²) in [5.41, 5.74) is 0.605. The zero-order valence-corrected chi connectivity index (χ0v) is 10.1. The first-order valence-electron chi connectivity index (χ1n) is 6.13. The van der Waals surface area contributed by atoms with Crippen LogP contribution in [0.4, 0.5) is 0 Å². The molecule has 1 aromatic heterocycles. The fraction of sp³-hybridized carbons (Fsp3) is 0.267. The minimum atomic E-state index is -0.964. The van der Waals surface area contributed by atoms with Crippen LogP contribution >= 0.6 is 0 Å². The molecule has 1 unspecified atom stereocenters. The van der Waals surface area contributed by atoms with Crippen molar-refractivity contribution < 1.29 is 9.90 Å². The Morgan fingerprint density at radius 1 is 1.44 bits per heavy atom. The van der Waals surface area contributed by atoms with Crippen molar-refractivity contribution in [2.45, 2.75) is 24.9 Å². The van der Waals surface area contributed by atoms with Crippen LogP contribution in [0.5, 0.6) is 0 Å². The highest BCUT2D eigenvalue weighted by Crippen LogP contribution is 2.38. The molecule has 0 aliphatic carbocycles. The molecule has 2 aromatic rings. The number of hydrogen-bond acceptors (Lipinski definition) is 2. The lowest BCUT2D eigenvalue weighted by atomic mass is 9.87. The minimum absolute atomic E-state index is 0.0555. The van der Waals surface area contributed by atoms with Gasteiger partial charge in [-0.25, -0.2) is 0 Å². The molecule has 1 aliphatic heterocycles. The Kier molecular flexibility index (Phi) is 2.38. The lowest BCUT2D eigenvalue weighted by Gasteiger charge is -2.32. The van der Waals surface area contributed by atoms with Crippen molar-refractivity contribution in [3.05, 3.63) is 48.7 Å². The molecule has 0 radical (unpaired) electrons. The zero-order valence-electron chi connectivity index (χ0n) is 10.1. The fourth-order valence-electron chi connectivity index (χ4n) is 2.76. The SMILES string of the molecule is C=CCC1(O)CCC(=O)n2c1cc1ccccc12. The number of para-hydroxylation sites is 1. The van der Waals surface area contributed by atoms with Crippen LogP contribution in [-0.4, -0.2) is 15.6 Å². The number of carbonyl (C=O) groups excluding carboxylic acids is 1. The first-order valence-corrected chi connectivity index (χ1v) is 6.13. The van der Waals surface area contributed by atoms with Crippen LogP contribution in [0.1, 0.15) is 29.8 Å². The van der Waals surface area contributed by atoms with Gasteiger partial charge in [-0.1, -0.05) is 24.3 Å². The monoisotopic (exact) mass is 241 g/mol. The van der Waals surface area contributed by atoms with Gasteiger partial charge in [0, 0.05) is 11.8 Å². The van der Waals surface area contributed by atoms with Crippen molar-refractivity contribution >= 4 is 16.8 Å². The van der Waals surface area contributed by atoms with E-state index in [9.17, 15) is 9.90 Å². The number of aromatic nitrogens is 1. The molecule has 0 saturated heterocycles. The van der Waals surface area contributed by atoms with Crippen molar-refractivity contribution in [3.8, 4) is 0 Å². The molecule has 1 aliphatic rings. The maximum Gasteiger partial charge on any atom is 0.231 e. The van der Waals surface area contributed by atoms with Gasteiger partial charge < -0.3 is 5.11 Å². The number of hydrogen-bond donors (Lipinski definition) is 1. The molecule has 3 heteroatoms. The lowest BCUT2D eigenvalue weighted by Crippen LogP contribution is -2.36. The van der Waals surface area contributed by atoms with Gasteiger partial charge >= 0.3 is 0 Å². The first-order chi connectivity index (χ1) is 8.65. The predicted molar refractivity (Wildman–Crippen MR) is 70.5 cm³/mol. The van der Waals surface area contributed by atoms with E-state index in [4.69, 9.17) is 0 Å². The van der Waals surface area contributed by atoms with Gasteiger partial charge in [-0.05, 0) is 25.0 Å². The Labute approximate surface area is 105 Å². The third-order valence-electron chi connectivity index (χ3n) is 3.67. The zero-order chi connectivity index (χ0) is 12.8. The van der Waals surface area contributed by atoms with Gasteiger partial charge in [-0.3, -0.25) is 9.36 Å². The number of benzene rings is 1. The van der Waals surface area contributed by atoms with Crippen molar-refractivity contribution in [1.29, 1.82) is 0 Å². The standard InChI is InChI=1S/C15H15NO2/c1-2-8-15(18)9-7-14(17)16-12-6-4-3-5-11(12)10-13(15)16/h2-6,10,18H,1,7-9H2. The Morgan fingerprint density at radius 3 is 3.00 bits per heavy atom. The van der Waals surface area contributed by atoms with E-state index >= 15 is 0 Å². The summed E-state index contributed by atoms with van der Waals surface area (Å²) in [4.78, 5) is 12.1. The molecule has 92 valence electrons. The molecule has 1 atom stereocenters. The average molecular weight is 241 g/mol. The maximum atomic E-state index is 12.1. The smallest absolute Gasteiger partial charge is 0.231 e. The summed E-state index contributed by atoms with van der Waals surface area (Å²) in [7, 11) is 0. The van der Waals surface area contributed by atoms with Gasteiger partial charge in [0.2, 0.25) is 5.91 Å². The van der Waals surface area contributed by atoms with E-state index in [1.807, 2.05) is 30.3 Å². The molecular weight excluding hydrogens is 226 g/mol. The lowest BCUT2D eigenvalue weighted by molar-refractivity contribution is 0.0108. The van der Waals surface area contributed by atoms with E-state index < -0.39 is 5.60 Å². The Bertz CT molecular complexity index is 641. The summed E-state index contributed by atoms with van der Waals surface area (Å²) in [6.07, 6.45) is 3.01. The number of aliphatic hydroxyl groups is 1. The van der Waals surface area contributed by atoms with Crippen LogP contribution in [0.2, 0.25) is 0 Å². The van der Waals surface area contributed by atoms with E-state index in [2.05, 4.69) is 6.58 Å². The molecular formula is C15H15NO2. The minimum Gasteiger partial charge on any atom is -0.383 e. The molecule has 0 spiro atoms. The maximum absolute atomic E-state index is 12.1. The van der Waals surface area contributed by atoms with E-state index in [0.29, 0.717) is 25.0 Å². The molecule has 1 N–H and O–H groups in total. The summed E-state index contributed by atoms with van der Waals surface area (Å²) >= 11 is 0. The second-order valence-electron chi connectivity index (χ2n) is 4.84. The van der Waals surface area contributed by atoms with Crippen LogP contribution < -0.4 is 0 Å². The Hall–Kier alpha value is -1.87. The molecule has 0 amide bonds. The largest absolute Gasteiger partial charge is 0.383 e. The van der Waals surface area contributed by atoms with E-state index in [-0.39, 0.29) is 5.91 Å². The summed E-state index contributed by atoms with van der Waals surface area (Å²) in [5, 5.41) is 11.7. The van der Waals surface area contributed by atoms with Crippen molar-refractivity contribution in [2.75, 3.05) is 0 Å². The highest BCUT2D eigenvalue weighted by atomic mass is 16.3. The van der Waals surface area contributed by atoms with E-state index in [1.165, 1.54) is 0 Å². The second kappa shape index (κ2) is 3.82. The van der Waals surface area contributed by atoms with Crippen LogP contribution in [0.25, 0.3) is 10.9 Å². The average Bonchev–Trinajstić information content (AvgIpc) is 2.76. The second-order valence-corrected chi connectivity index (χ2v) is 4.84. The number of fused-ring (bicyclic) bond motifs is 3. The fourth-order valence-corrected chi connectivity index (χ4v) is 2.76. The van der Waals surface area contributed by atoms with Gasteiger partial charge in [0.25, 0.3) is 0 Å². The van der Waals surface area contributed by atoms with Crippen LogP contribution in [0.3, 0.4) is 0 Å². The Balaban J connectivity index is 2.31. The molecule has 0 saturated carbocycles. The van der Waals surface area contributed by atoms with Crippen molar-refractivity contribution in [3.63, 3.8) is 0 Å². The predicted octanol–water partition coefficient (Wildman–Crippen LogP) is 2.84. The van der Waals surface area contributed by atoms with Crippen LogP contribution in [0, 0.1) is 0 Å². The topological polar surface area (TPSA) is 42.2 Å². The normalized spacial score (nSPS) is 23.1. The quantitative estimate of drug-likeness (QED) is 0.821. The van der Waals surface area contributed by atoms with Gasteiger partial charge in [0.15, 0.2) is 0 Å². The van der Waals surface area contributed by atoms with E-state index in [1.54, 1.807) is 10.6 Å². The molecule has 1 aromatic carbocycles. The molecule has 18 heavy (non-hydrogen) atoms. The van der Waals surface area contributed by atoms with Gasteiger partial charge in [0.1, 0.15) is 5.60 Å². The highest BCUT2D eigenvalue weighted by Gasteiger charge is 2.37. The van der Waals surface area contributed by atoms with Crippen LogP contribution in [0.15, 0.2) is 43.0 Å². The van der Waals surface area contributed by atoms with Crippen molar-refractivity contribution in [1.82, 2.24) is 4.57 Å². The van der Waals surface area contributed by atoms with Gasteiger partial charge in [-0.2, -0.15) is 0 Å². The third kappa shape index (κ3) is 1.44. The van der Waals surface area contributed by atoms with Crippen LogP contribution in [-0.2, 0) is 5.60 Å². The summed E-state index contributed by atoms with van der Waals surface area (Å²) < 4.78 is 1.66. The summed E-state index contributed by atoms with van der Waals surface area (Å²) in [6.45, 7) is 3.69. The summed E-state index contributed by atoms with van der Waals surface area (Å²) in [6, 6.07) is 9.63. The molecule has 0 bridgehead atoms. The molecule has 0 fully saturated rings. The first kappa shape index (κ1) is 11.2. The number of rotatable bonds is 2. The molecule has 2 heterocycles. The Morgan fingerprint density at radius 2 is 2.22 bits per heavy atom.